The molecule has 1 aromatic carbocycles. The maximum atomic E-state index is 11.2. The largest absolute Gasteiger partial charge is 0.493 e. The van der Waals surface area contributed by atoms with Gasteiger partial charge in [0.1, 0.15) is 15.9 Å². The van der Waals surface area contributed by atoms with Crippen LogP contribution in [0, 0.1) is 0 Å². The van der Waals surface area contributed by atoms with E-state index in [9.17, 15) is 8.42 Å². The molecule has 1 heterocycles. The van der Waals surface area contributed by atoms with Crippen LogP contribution >= 0.6 is 0 Å². The van der Waals surface area contributed by atoms with Crippen LogP contribution in [0.4, 0.5) is 0 Å². The Morgan fingerprint density at radius 1 is 1.13 bits per heavy atom. The molecule has 1 fully saturated rings. The summed E-state index contributed by atoms with van der Waals surface area (Å²) in [5, 5.41) is 0. The van der Waals surface area contributed by atoms with Crippen molar-refractivity contribution in [2.45, 2.75) is 18.9 Å². The molecule has 0 spiro atoms. The zero-order chi connectivity index (χ0) is 16.9. The third-order valence-corrected chi connectivity index (χ3v) is 4.90. The number of piperidine rings is 1. The Morgan fingerprint density at radius 3 is 2.17 bits per heavy atom. The number of methoxy groups -OCH3 is 2. The molecule has 2 rings (SSSR count). The van der Waals surface area contributed by atoms with Crippen LogP contribution in [0.15, 0.2) is 18.2 Å². The smallest absolute Gasteiger partial charge is 0.203 e. The van der Waals surface area contributed by atoms with Crippen LogP contribution in [0.3, 0.4) is 0 Å². The van der Waals surface area contributed by atoms with Gasteiger partial charge in [-0.25, -0.2) is 8.42 Å². The van der Waals surface area contributed by atoms with E-state index in [1.54, 1.807) is 14.2 Å². The summed E-state index contributed by atoms with van der Waals surface area (Å²) in [6.07, 6.45) is 3.06. The van der Waals surface area contributed by atoms with Gasteiger partial charge in [0.15, 0.2) is 11.5 Å². The number of nitrogens with zero attached hydrogens (tertiary/aromatic N) is 1. The van der Waals surface area contributed by atoms with Gasteiger partial charge in [-0.1, -0.05) is 6.07 Å². The third-order valence-electron chi connectivity index (χ3n) is 3.98. The minimum absolute atomic E-state index is 0.0784. The molecule has 0 amide bonds. The van der Waals surface area contributed by atoms with E-state index in [-0.39, 0.29) is 11.9 Å². The molecule has 1 aliphatic heterocycles. The summed E-state index contributed by atoms with van der Waals surface area (Å²) in [7, 11) is 0.304. The molecule has 1 saturated heterocycles. The van der Waals surface area contributed by atoms with Gasteiger partial charge in [0, 0.05) is 25.9 Å². The van der Waals surface area contributed by atoms with E-state index in [1.165, 1.54) is 6.26 Å². The summed E-state index contributed by atoms with van der Waals surface area (Å²) < 4.78 is 39.3. The molecule has 0 bridgehead atoms. The number of para-hydroxylation sites is 1. The fourth-order valence-corrected chi connectivity index (χ4v) is 3.24. The molecule has 0 aromatic heterocycles. The first-order valence-electron chi connectivity index (χ1n) is 7.70. The summed E-state index contributed by atoms with van der Waals surface area (Å²) >= 11 is 0. The van der Waals surface area contributed by atoms with Crippen LogP contribution in [0.25, 0.3) is 0 Å². The van der Waals surface area contributed by atoms with Gasteiger partial charge in [-0.2, -0.15) is 0 Å². The van der Waals surface area contributed by atoms with E-state index in [0.29, 0.717) is 23.8 Å². The highest BCUT2D eigenvalue weighted by molar-refractivity contribution is 7.90. The lowest BCUT2D eigenvalue weighted by molar-refractivity contribution is 0.0984. The Labute approximate surface area is 138 Å². The van der Waals surface area contributed by atoms with Crippen molar-refractivity contribution in [3.8, 4) is 17.2 Å². The number of hydrogen-bond acceptors (Lipinski definition) is 6. The molecule has 23 heavy (non-hydrogen) atoms. The van der Waals surface area contributed by atoms with E-state index in [4.69, 9.17) is 14.2 Å². The average molecular weight is 343 g/mol. The minimum atomic E-state index is -2.91. The molecule has 6 nitrogen and oxygen atoms in total. The van der Waals surface area contributed by atoms with Gasteiger partial charge in [0.25, 0.3) is 0 Å². The normalized spacial score (nSPS) is 17.0. The van der Waals surface area contributed by atoms with E-state index in [1.807, 2.05) is 18.2 Å². The van der Waals surface area contributed by atoms with Crippen molar-refractivity contribution < 1.29 is 22.6 Å². The second-order valence-corrected chi connectivity index (χ2v) is 8.04. The summed E-state index contributed by atoms with van der Waals surface area (Å²) in [6.45, 7) is 2.25. The predicted molar refractivity (Wildman–Crippen MR) is 89.3 cm³/mol. The van der Waals surface area contributed by atoms with Crippen molar-refractivity contribution in [1.29, 1.82) is 0 Å². The maximum absolute atomic E-state index is 11.2. The molecule has 130 valence electrons. The summed E-state index contributed by atoms with van der Waals surface area (Å²) in [6, 6.07) is 5.55. The molecular weight excluding hydrogens is 318 g/mol. The van der Waals surface area contributed by atoms with Gasteiger partial charge >= 0.3 is 0 Å². The first-order chi connectivity index (χ1) is 10.9. The molecule has 0 radical (unpaired) electrons. The van der Waals surface area contributed by atoms with Crippen molar-refractivity contribution in [3.63, 3.8) is 0 Å². The first-order valence-corrected chi connectivity index (χ1v) is 9.76. The SMILES string of the molecule is COc1cccc(OC)c1OC1CCN(CCS(C)(=O)=O)CC1. The Bertz CT molecular complexity index is 587. The van der Waals surface area contributed by atoms with Gasteiger partial charge < -0.3 is 19.1 Å². The van der Waals surface area contributed by atoms with E-state index in [2.05, 4.69) is 4.90 Å². The van der Waals surface area contributed by atoms with Crippen molar-refractivity contribution >= 4 is 9.84 Å². The highest BCUT2D eigenvalue weighted by Crippen LogP contribution is 2.38. The van der Waals surface area contributed by atoms with Gasteiger partial charge in [0.05, 0.1) is 20.0 Å². The Morgan fingerprint density at radius 2 is 1.70 bits per heavy atom. The van der Waals surface area contributed by atoms with Crippen molar-refractivity contribution in [2.24, 2.45) is 0 Å². The van der Waals surface area contributed by atoms with Crippen LogP contribution < -0.4 is 14.2 Å². The molecule has 1 aliphatic rings. The number of rotatable bonds is 7. The van der Waals surface area contributed by atoms with Crippen LogP contribution in [0.2, 0.25) is 0 Å². The fraction of sp³-hybridized carbons (Fsp3) is 0.625. The monoisotopic (exact) mass is 343 g/mol. The number of benzene rings is 1. The maximum Gasteiger partial charge on any atom is 0.203 e. The zero-order valence-electron chi connectivity index (χ0n) is 13.9. The molecule has 0 N–H and O–H groups in total. The second kappa shape index (κ2) is 7.88. The number of ether oxygens (including phenoxy) is 3. The third kappa shape index (κ3) is 5.28. The molecule has 1 aromatic rings. The zero-order valence-corrected chi connectivity index (χ0v) is 14.8. The summed E-state index contributed by atoms with van der Waals surface area (Å²) in [5.41, 5.74) is 0. The quantitative estimate of drug-likeness (QED) is 0.749. The van der Waals surface area contributed by atoms with E-state index >= 15 is 0 Å². The second-order valence-electron chi connectivity index (χ2n) is 5.78. The van der Waals surface area contributed by atoms with Crippen molar-refractivity contribution in [2.75, 3.05) is 45.9 Å². The first kappa shape index (κ1) is 17.9. The minimum Gasteiger partial charge on any atom is -0.493 e. The Hall–Kier alpha value is -1.47. The average Bonchev–Trinajstić information content (AvgIpc) is 2.53. The summed E-state index contributed by atoms with van der Waals surface area (Å²) in [4.78, 5) is 2.17. The van der Waals surface area contributed by atoms with Crippen LogP contribution in [-0.4, -0.2) is 65.3 Å². The Balaban J connectivity index is 1.92. The highest BCUT2D eigenvalue weighted by atomic mass is 32.2. The topological polar surface area (TPSA) is 65.1 Å². The van der Waals surface area contributed by atoms with Crippen LogP contribution in [0.1, 0.15) is 12.8 Å². The van der Waals surface area contributed by atoms with Gasteiger partial charge in [-0.05, 0) is 25.0 Å². The predicted octanol–water partition coefficient (Wildman–Crippen LogP) is 1.59. The number of sulfone groups is 1. The lowest BCUT2D eigenvalue weighted by Crippen LogP contribution is -2.40. The van der Waals surface area contributed by atoms with E-state index in [0.717, 1.165) is 25.9 Å². The molecule has 0 saturated carbocycles. The fourth-order valence-electron chi connectivity index (χ4n) is 2.65. The molecule has 0 unspecified atom stereocenters. The van der Waals surface area contributed by atoms with Gasteiger partial charge in [0.2, 0.25) is 5.75 Å². The Kier molecular flexibility index (Phi) is 6.12. The molecule has 0 atom stereocenters. The molecule has 0 aliphatic carbocycles. The summed E-state index contributed by atoms with van der Waals surface area (Å²) in [5.74, 6) is 2.15. The number of likely N-dealkylation sites (tertiary alicyclic amines) is 1. The van der Waals surface area contributed by atoms with Crippen LogP contribution in [0.5, 0.6) is 17.2 Å². The lowest BCUT2D eigenvalue weighted by Gasteiger charge is -2.32. The van der Waals surface area contributed by atoms with Gasteiger partial charge in [-0.15, -0.1) is 0 Å². The van der Waals surface area contributed by atoms with Gasteiger partial charge in [-0.3, -0.25) is 0 Å². The molecule has 7 heteroatoms. The highest BCUT2D eigenvalue weighted by Gasteiger charge is 2.23. The number of hydrogen-bond donors (Lipinski definition) is 0. The van der Waals surface area contributed by atoms with Crippen molar-refractivity contribution in [3.05, 3.63) is 18.2 Å². The van der Waals surface area contributed by atoms with E-state index < -0.39 is 9.84 Å². The van der Waals surface area contributed by atoms with Crippen LogP contribution in [-0.2, 0) is 9.84 Å². The van der Waals surface area contributed by atoms with Crippen molar-refractivity contribution in [1.82, 2.24) is 4.90 Å². The molecular formula is C16H25NO5S. The lowest BCUT2D eigenvalue weighted by atomic mass is 10.1. The standard InChI is InChI=1S/C16H25NO5S/c1-20-14-5-4-6-15(21-2)16(14)22-13-7-9-17(10-8-13)11-12-23(3,18)19/h4-6,13H,7-12H2,1-3H3.